The average molecular weight is 271 g/mol. The smallest absolute Gasteiger partial charge is 0.109 e. The molecule has 104 valence electrons. The molecule has 18 heavy (non-hydrogen) atoms. The normalized spacial score (nSPS) is 17.5. The molecule has 2 atom stereocenters. The Kier molecular flexibility index (Phi) is 8.46. The van der Waals surface area contributed by atoms with Crippen molar-refractivity contribution in [3.8, 4) is 0 Å². The number of allylic oxidation sites excluding steroid dienone is 4. The third kappa shape index (κ3) is 6.05. The summed E-state index contributed by atoms with van der Waals surface area (Å²) < 4.78 is 5.61. The number of hydrogen-bond acceptors (Lipinski definition) is 4. The molecule has 3 N–H and O–H groups in total. The molecular formula is C14H25NO2S. The number of thioether (sulfide) groups is 1. The Balaban J connectivity index is 4.59. The summed E-state index contributed by atoms with van der Waals surface area (Å²) in [5.74, 6) is 1.33. The molecule has 3 nitrogen and oxygen atoms in total. The number of rotatable bonds is 7. The van der Waals surface area contributed by atoms with E-state index in [1.54, 1.807) is 11.8 Å². The summed E-state index contributed by atoms with van der Waals surface area (Å²) in [6.45, 7) is 7.80. The predicted molar refractivity (Wildman–Crippen MR) is 80.3 cm³/mol. The second-order valence-corrected chi connectivity index (χ2v) is 5.14. The van der Waals surface area contributed by atoms with Crippen LogP contribution in [0, 0.1) is 5.92 Å². The first-order valence-corrected chi connectivity index (χ1v) is 7.32. The van der Waals surface area contributed by atoms with Gasteiger partial charge in [0.25, 0.3) is 0 Å². The number of aliphatic hydroxyl groups is 1. The summed E-state index contributed by atoms with van der Waals surface area (Å²) in [6, 6.07) is 0. The van der Waals surface area contributed by atoms with Crippen molar-refractivity contribution < 1.29 is 9.84 Å². The monoisotopic (exact) mass is 271 g/mol. The lowest BCUT2D eigenvalue weighted by Crippen LogP contribution is -2.18. The Morgan fingerprint density at radius 1 is 1.44 bits per heavy atom. The van der Waals surface area contributed by atoms with Gasteiger partial charge in [0.15, 0.2) is 0 Å². The zero-order valence-corrected chi connectivity index (χ0v) is 12.8. The van der Waals surface area contributed by atoms with Crippen molar-refractivity contribution in [2.75, 3.05) is 6.26 Å². The number of ether oxygens (including phenoxy) is 1. The van der Waals surface area contributed by atoms with Gasteiger partial charge < -0.3 is 15.6 Å². The minimum atomic E-state index is 0.0145. The SMILES string of the molecule is C/C=C\C(SC)=C(\O)CC(C)C(C)O/C(C)=C\N. The molecule has 0 aliphatic heterocycles. The molecule has 0 spiro atoms. The molecule has 4 heteroatoms. The zero-order chi connectivity index (χ0) is 14.1. The minimum Gasteiger partial charge on any atom is -0.511 e. The summed E-state index contributed by atoms with van der Waals surface area (Å²) in [5.41, 5.74) is 5.37. The van der Waals surface area contributed by atoms with Gasteiger partial charge in [-0.15, -0.1) is 11.8 Å². The molecule has 0 radical (unpaired) electrons. The topological polar surface area (TPSA) is 55.5 Å². The predicted octanol–water partition coefficient (Wildman–Crippen LogP) is 3.95. The maximum atomic E-state index is 10.1. The molecule has 0 heterocycles. The second kappa shape index (κ2) is 8.97. The standard InChI is InChI=1S/C14H25NO2S/c1-6-7-14(18-5)13(16)8-10(2)12(4)17-11(3)9-15/h6-7,9-10,12,16H,8,15H2,1-5H3/b7-6-,11-9-,14-13-. The van der Waals surface area contributed by atoms with E-state index in [-0.39, 0.29) is 12.0 Å². The van der Waals surface area contributed by atoms with Crippen LogP contribution in [0.25, 0.3) is 0 Å². The third-order valence-corrected chi connectivity index (χ3v) is 3.56. The lowest BCUT2D eigenvalue weighted by atomic mass is 10.0. The van der Waals surface area contributed by atoms with Gasteiger partial charge in [-0.3, -0.25) is 0 Å². The van der Waals surface area contributed by atoms with Gasteiger partial charge in [0.1, 0.15) is 11.5 Å². The third-order valence-electron chi connectivity index (χ3n) is 2.75. The highest BCUT2D eigenvalue weighted by Crippen LogP contribution is 2.24. The fourth-order valence-corrected chi connectivity index (χ4v) is 2.04. The first-order valence-electron chi connectivity index (χ1n) is 6.10. The second-order valence-electron chi connectivity index (χ2n) is 4.30. The fourth-order valence-electron chi connectivity index (χ4n) is 1.45. The highest BCUT2D eigenvalue weighted by atomic mass is 32.2. The van der Waals surface area contributed by atoms with Gasteiger partial charge in [-0.25, -0.2) is 0 Å². The van der Waals surface area contributed by atoms with E-state index in [0.29, 0.717) is 17.9 Å². The summed E-state index contributed by atoms with van der Waals surface area (Å²) in [5, 5.41) is 10.1. The molecule has 2 unspecified atom stereocenters. The van der Waals surface area contributed by atoms with E-state index in [1.807, 2.05) is 39.2 Å². The first-order chi connectivity index (χ1) is 8.46. The summed E-state index contributed by atoms with van der Waals surface area (Å²) in [4.78, 5) is 0.905. The van der Waals surface area contributed by atoms with Gasteiger partial charge in [0.05, 0.1) is 6.10 Å². The van der Waals surface area contributed by atoms with Crippen molar-refractivity contribution in [2.24, 2.45) is 11.7 Å². The summed E-state index contributed by atoms with van der Waals surface area (Å²) in [7, 11) is 0. The Morgan fingerprint density at radius 2 is 2.06 bits per heavy atom. The van der Waals surface area contributed by atoms with Gasteiger partial charge in [0.2, 0.25) is 0 Å². The van der Waals surface area contributed by atoms with E-state index in [2.05, 4.69) is 6.92 Å². The minimum absolute atomic E-state index is 0.0145. The van der Waals surface area contributed by atoms with Crippen LogP contribution in [0.3, 0.4) is 0 Å². The highest BCUT2D eigenvalue weighted by molar-refractivity contribution is 8.02. The maximum absolute atomic E-state index is 10.1. The van der Waals surface area contributed by atoms with Crippen molar-refractivity contribution in [1.29, 1.82) is 0 Å². The van der Waals surface area contributed by atoms with E-state index in [9.17, 15) is 5.11 Å². The van der Waals surface area contributed by atoms with Gasteiger partial charge in [-0.2, -0.15) is 0 Å². The lowest BCUT2D eigenvalue weighted by Gasteiger charge is -2.22. The van der Waals surface area contributed by atoms with E-state index < -0.39 is 0 Å². The van der Waals surface area contributed by atoms with Gasteiger partial charge >= 0.3 is 0 Å². The summed E-state index contributed by atoms with van der Waals surface area (Å²) in [6.07, 6.45) is 7.86. The van der Waals surface area contributed by atoms with Crippen LogP contribution in [-0.4, -0.2) is 17.5 Å². The van der Waals surface area contributed by atoms with Crippen LogP contribution in [0.15, 0.2) is 34.8 Å². The fraction of sp³-hybridized carbons (Fsp3) is 0.571. The van der Waals surface area contributed by atoms with E-state index >= 15 is 0 Å². The van der Waals surface area contributed by atoms with Gasteiger partial charge in [-0.05, 0) is 39.0 Å². The van der Waals surface area contributed by atoms with Crippen LogP contribution >= 0.6 is 11.8 Å². The first kappa shape index (κ1) is 17.0. The number of nitrogens with two attached hydrogens (primary N) is 1. The summed E-state index contributed by atoms with van der Waals surface area (Å²) >= 11 is 1.55. The molecule has 0 aliphatic carbocycles. The Hall–Kier alpha value is -1.03. The molecule has 0 aromatic rings. The highest BCUT2D eigenvalue weighted by Gasteiger charge is 2.16. The molecule has 0 fully saturated rings. The molecule has 0 aromatic heterocycles. The van der Waals surface area contributed by atoms with Crippen molar-refractivity contribution in [3.63, 3.8) is 0 Å². The van der Waals surface area contributed by atoms with E-state index in [4.69, 9.17) is 10.5 Å². The quantitative estimate of drug-likeness (QED) is 0.544. The largest absolute Gasteiger partial charge is 0.511 e. The Bertz CT molecular complexity index is 335. The number of aliphatic hydroxyl groups excluding tert-OH is 1. The van der Waals surface area contributed by atoms with E-state index in [0.717, 1.165) is 4.91 Å². The molecule has 0 saturated carbocycles. The van der Waals surface area contributed by atoms with Crippen molar-refractivity contribution in [1.82, 2.24) is 0 Å². The molecule has 0 amide bonds. The Morgan fingerprint density at radius 3 is 2.50 bits per heavy atom. The van der Waals surface area contributed by atoms with Crippen LogP contribution in [0.2, 0.25) is 0 Å². The van der Waals surface area contributed by atoms with Crippen molar-refractivity contribution in [3.05, 3.63) is 34.8 Å². The average Bonchev–Trinajstić information content (AvgIpc) is 2.35. The zero-order valence-electron chi connectivity index (χ0n) is 11.9. The van der Waals surface area contributed by atoms with Crippen LogP contribution in [0.1, 0.15) is 34.1 Å². The van der Waals surface area contributed by atoms with Crippen molar-refractivity contribution in [2.45, 2.75) is 40.2 Å². The molecular weight excluding hydrogens is 246 g/mol. The van der Waals surface area contributed by atoms with Crippen LogP contribution in [0.4, 0.5) is 0 Å². The van der Waals surface area contributed by atoms with E-state index in [1.165, 1.54) is 6.20 Å². The lowest BCUT2D eigenvalue weighted by molar-refractivity contribution is 0.0816. The molecule has 0 rings (SSSR count). The molecule has 0 aliphatic rings. The van der Waals surface area contributed by atoms with Gasteiger partial charge in [0, 0.05) is 17.5 Å². The molecule has 0 aromatic carbocycles. The Labute approximate surface area is 115 Å². The van der Waals surface area contributed by atoms with Crippen LogP contribution in [-0.2, 0) is 4.74 Å². The van der Waals surface area contributed by atoms with Crippen LogP contribution in [0.5, 0.6) is 0 Å². The van der Waals surface area contributed by atoms with Crippen LogP contribution < -0.4 is 5.73 Å². The maximum Gasteiger partial charge on any atom is 0.109 e. The number of hydrogen-bond donors (Lipinski definition) is 2. The molecule has 0 saturated heterocycles. The van der Waals surface area contributed by atoms with Gasteiger partial charge in [-0.1, -0.05) is 13.0 Å². The van der Waals surface area contributed by atoms with Crippen molar-refractivity contribution >= 4 is 11.8 Å². The molecule has 0 bridgehead atoms.